The van der Waals surface area contributed by atoms with Gasteiger partial charge < -0.3 is 9.47 Å². The number of hydrogen-bond acceptors (Lipinski definition) is 5. The zero-order valence-electron chi connectivity index (χ0n) is 16.1. The van der Waals surface area contributed by atoms with E-state index in [0.29, 0.717) is 27.1 Å². The lowest BCUT2D eigenvalue weighted by Gasteiger charge is -2.14. The number of halogens is 1. The number of benzene rings is 3. The van der Waals surface area contributed by atoms with Crippen LogP contribution >= 0.6 is 22.9 Å². The highest BCUT2D eigenvalue weighted by molar-refractivity contribution is 7.19. The zero-order chi connectivity index (χ0) is 20.9. The van der Waals surface area contributed by atoms with E-state index in [1.807, 2.05) is 66.7 Å². The van der Waals surface area contributed by atoms with E-state index >= 15 is 0 Å². The summed E-state index contributed by atoms with van der Waals surface area (Å²) in [5.74, 6) is 1.13. The monoisotopic (exact) mass is 432 g/mol. The first-order chi connectivity index (χ1) is 14.7. The lowest BCUT2D eigenvalue weighted by atomic mass is 10.1. The van der Waals surface area contributed by atoms with E-state index in [2.05, 4.69) is 11.1 Å². The fourth-order valence-corrected chi connectivity index (χ4v) is 4.13. The van der Waals surface area contributed by atoms with E-state index in [1.54, 1.807) is 13.2 Å². The molecule has 0 unspecified atom stereocenters. The molecule has 0 saturated carbocycles. The van der Waals surface area contributed by atoms with E-state index in [4.69, 9.17) is 21.1 Å². The molecule has 4 aromatic rings. The van der Waals surface area contributed by atoms with Gasteiger partial charge in [0.15, 0.2) is 11.5 Å². The Hall–Kier alpha value is -3.33. The summed E-state index contributed by atoms with van der Waals surface area (Å²) in [5.41, 5.74) is 2.94. The molecule has 0 aliphatic rings. The van der Waals surface area contributed by atoms with Gasteiger partial charge in [-0.05, 0) is 30.3 Å². The maximum absolute atomic E-state index is 9.79. The van der Waals surface area contributed by atoms with Crippen molar-refractivity contribution in [1.82, 2.24) is 4.98 Å². The molecule has 0 amide bonds. The molecule has 148 valence electrons. The van der Waals surface area contributed by atoms with Gasteiger partial charge in [-0.25, -0.2) is 4.98 Å². The minimum atomic E-state index is 0.282. The molecular weight excluding hydrogens is 416 g/mol. The Kier molecular flexibility index (Phi) is 5.99. The standard InChI is InChI=1S/C24H17ClN2O2S/c1-28-21-11-6-8-16(23(21)29-15-17-7-2-3-9-19(17)25)13-18(14-26)24-27-20-10-4-5-12-22(20)30-24/h2-13H,15H2,1H3/b18-13+. The molecule has 0 N–H and O–H groups in total. The van der Waals surface area contributed by atoms with Crippen LogP contribution in [0.3, 0.4) is 0 Å². The summed E-state index contributed by atoms with van der Waals surface area (Å²) in [6.07, 6.45) is 1.78. The van der Waals surface area contributed by atoms with Gasteiger partial charge in [-0.15, -0.1) is 11.3 Å². The highest BCUT2D eigenvalue weighted by atomic mass is 35.5. The molecule has 4 nitrogen and oxygen atoms in total. The number of aromatic nitrogens is 1. The average Bonchev–Trinajstić information content (AvgIpc) is 3.21. The van der Waals surface area contributed by atoms with E-state index in [-0.39, 0.29) is 6.61 Å². The number of fused-ring (bicyclic) bond motifs is 1. The van der Waals surface area contributed by atoms with Gasteiger partial charge >= 0.3 is 0 Å². The number of para-hydroxylation sites is 2. The molecule has 0 radical (unpaired) electrons. The van der Waals surface area contributed by atoms with Crippen LogP contribution in [-0.4, -0.2) is 12.1 Å². The minimum absolute atomic E-state index is 0.282. The van der Waals surface area contributed by atoms with E-state index in [9.17, 15) is 5.26 Å². The van der Waals surface area contributed by atoms with Crippen molar-refractivity contribution in [2.75, 3.05) is 7.11 Å². The van der Waals surface area contributed by atoms with Crippen molar-refractivity contribution in [2.45, 2.75) is 6.61 Å². The zero-order valence-corrected chi connectivity index (χ0v) is 17.7. The van der Waals surface area contributed by atoms with Gasteiger partial charge in [-0.3, -0.25) is 0 Å². The first-order valence-electron chi connectivity index (χ1n) is 9.20. The van der Waals surface area contributed by atoms with Gasteiger partial charge in [0.2, 0.25) is 0 Å². The molecule has 0 spiro atoms. The van der Waals surface area contributed by atoms with Crippen molar-refractivity contribution < 1.29 is 9.47 Å². The van der Waals surface area contributed by atoms with Crippen LogP contribution in [0.5, 0.6) is 11.5 Å². The molecule has 4 rings (SSSR count). The van der Waals surface area contributed by atoms with Crippen molar-refractivity contribution in [3.63, 3.8) is 0 Å². The Morgan fingerprint density at radius 2 is 1.90 bits per heavy atom. The van der Waals surface area contributed by atoms with Crippen molar-refractivity contribution in [1.29, 1.82) is 5.26 Å². The maximum atomic E-state index is 9.79. The first kappa shape index (κ1) is 20.0. The second-order valence-corrected chi connectivity index (χ2v) is 7.85. The lowest BCUT2D eigenvalue weighted by Crippen LogP contribution is -2.00. The molecule has 0 bridgehead atoms. The number of methoxy groups -OCH3 is 1. The second kappa shape index (κ2) is 9.00. The topological polar surface area (TPSA) is 55.1 Å². The number of ether oxygens (including phenoxy) is 2. The number of allylic oxidation sites excluding steroid dienone is 1. The molecule has 3 aromatic carbocycles. The third-order valence-electron chi connectivity index (χ3n) is 4.50. The Morgan fingerprint density at radius 3 is 2.67 bits per heavy atom. The van der Waals surface area contributed by atoms with Crippen molar-refractivity contribution in [3.05, 3.63) is 87.9 Å². The summed E-state index contributed by atoms with van der Waals surface area (Å²) in [7, 11) is 1.59. The van der Waals surface area contributed by atoms with Crippen LogP contribution in [0.25, 0.3) is 21.9 Å². The average molecular weight is 433 g/mol. The lowest BCUT2D eigenvalue weighted by molar-refractivity contribution is 0.284. The van der Waals surface area contributed by atoms with Crippen LogP contribution in [0, 0.1) is 11.3 Å². The number of nitriles is 1. The number of thiazole rings is 1. The van der Waals surface area contributed by atoms with E-state index in [1.165, 1.54) is 11.3 Å². The second-order valence-electron chi connectivity index (χ2n) is 6.42. The van der Waals surface area contributed by atoms with Crippen molar-refractivity contribution in [3.8, 4) is 17.6 Å². The largest absolute Gasteiger partial charge is 0.493 e. The SMILES string of the molecule is COc1cccc(/C=C(\C#N)c2nc3ccccc3s2)c1OCc1ccccc1Cl. The van der Waals surface area contributed by atoms with Gasteiger partial charge in [-0.1, -0.05) is 54.1 Å². The van der Waals surface area contributed by atoms with Crippen molar-refractivity contribution in [2.24, 2.45) is 0 Å². The van der Waals surface area contributed by atoms with Gasteiger partial charge in [0.1, 0.15) is 17.7 Å². The Labute approximate surface area is 183 Å². The Bertz CT molecular complexity index is 1240. The third-order valence-corrected chi connectivity index (χ3v) is 5.94. The summed E-state index contributed by atoms with van der Waals surface area (Å²) in [6.45, 7) is 0.282. The maximum Gasteiger partial charge on any atom is 0.168 e. The van der Waals surface area contributed by atoms with Crippen LogP contribution in [-0.2, 0) is 6.61 Å². The fourth-order valence-electron chi connectivity index (χ4n) is 3.01. The molecule has 0 aliphatic carbocycles. The van der Waals surface area contributed by atoms with E-state index in [0.717, 1.165) is 21.3 Å². The van der Waals surface area contributed by atoms with Gasteiger partial charge in [0.25, 0.3) is 0 Å². The molecule has 6 heteroatoms. The Balaban J connectivity index is 1.72. The molecular formula is C24H17ClN2O2S. The number of nitrogens with zero attached hydrogens (tertiary/aromatic N) is 2. The van der Waals surface area contributed by atoms with Gasteiger partial charge in [0.05, 0.1) is 22.9 Å². The number of rotatable bonds is 6. The summed E-state index contributed by atoms with van der Waals surface area (Å²) < 4.78 is 12.6. The molecule has 30 heavy (non-hydrogen) atoms. The minimum Gasteiger partial charge on any atom is -0.493 e. The molecule has 0 fully saturated rings. The Morgan fingerprint density at radius 1 is 1.10 bits per heavy atom. The normalized spacial score (nSPS) is 11.3. The van der Waals surface area contributed by atoms with Crippen LogP contribution in [0.1, 0.15) is 16.1 Å². The number of hydrogen-bond donors (Lipinski definition) is 0. The molecule has 1 heterocycles. The predicted octanol–water partition coefficient (Wildman–Crippen LogP) is 6.60. The highest BCUT2D eigenvalue weighted by Crippen LogP contribution is 2.36. The molecule has 0 atom stereocenters. The first-order valence-corrected chi connectivity index (χ1v) is 10.4. The highest BCUT2D eigenvalue weighted by Gasteiger charge is 2.14. The van der Waals surface area contributed by atoms with Crippen LogP contribution in [0.2, 0.25) is 5.02 Å². The van der Waals surface area contributed by atoms with Crippen LogP contribution in [0.4, 0.5) is 0 Å². The smallest absolute Gasteiger partial charge is 0.168 e. The summed E-state index contributed by atoms with van der Waals surface area (Å²) in [6, 6.07) is 23.2. The predicted molar refractivity (Wildman–Crippen MR) is 122 cm³/mol. The van der Waals surface area contributed by atoms with E-state index < -0.39 is 0 Å². The van der Waals surface area contributed by atoms with Gasteiger partial charge in [-0.2, -0.15) is 5.26 Å². The summed E-state index contributed by atoms with van der Waals surface area (Å²) in [5, 5.41) is 11.1. The summed E-state index contributed by atoms with van der Waals surface area (Å²) >= 11 is 7.74. The molecule has 0 saturated heterocycles. The quantitative estimate of drug-likeness (QED) is 0.322. The third kappa shape index (κ3) is 4.16. The fraction of sp³-hybridized carbons (Fsp3) is 0.0833. The summed E-state index contributed by atoms with van der Waals surface area (Å²) in [4.78, 5) is 4.60. The van der Waals surface area contributed by atoms with Crippen LogP contribution in [0.15, 0.2) is 66.7 Å². The molecule has 0 aliphatic heterocycles. The van der Waals surface area contributed by atoms with Gasteiger partial charge in [0, 0.05) is 16.1 Å². The molecule has 1 aromatic heterocycles. The van der Waals surface area contributed by atoms with Crippen molar-refractivity contribution >= 4 is 44.8 Å². The van der Waals surface area contributed by atoms with Crippen LogP contribution < -0.4 is 9.47 Å².